The molecule has 1 aromatic carbocycles. The van der Waals surface area contributed by atoms with Gasteiger partial charge in [0.05, 0.1) is 26.4 Å². The minimum Gasteiger partial charge on any atom is -0.497 e. The lowest BCUT2D eigenvalue weighted by molar-refractivity contribution is 0.0420. The largest absolute Gasteiger partial charge is 0.497 e. The Morgan fingerprint density at radius 2 is 2.11 bits per heavy atom. The molecular weight excluding hydrogens is 374 g/mol. The van der Waals surface area contributed by atoms with Gasteiger partial charge in [0.25, 0.3) is 0 Å². The summed E-state index contributed by atoms with van der Waals surface area (Å²) in [6.07, 6.45) is 2.23. The molecule has 1 aromatic heterocycles. The molecule has 2 aromatic rings. The molecule has 2 N–H and O–H groups in total. The second kappa shape index (κ2) is 11.0. The highest BCUT2D eigenvalue weighted by Crippen LogP contribution is 2.27. The van der Waals surface area contributed by atoms with Crippen molar-refractivity contribution in [3.63, 3.8) is 0 Å². The molecule has 1 aliphatic rings. The lowest BCUT2D eigenvalue weighted by Gasteiger charge is -2.12. The van der Waals surface area contributed by atoms with Crippen molar-refractivity contribution in [3.05, 3.63) is 40.6 Å². The van der Waals surface area contributed by atoms with Crippen LogP contribution in [-0.4, -0.2) is 52.6 Å². The van der Waals surface area contributed by atoms with E-state index in [4.69, 9.17) is 14.2 Å². The third-order valence-electron chi connectivity index (χ3n) is 4.59. The fourth-order valence-corrected chi connectivity index (χ4v) is 3.81. The number of guanidine groups is 1. The average molecular weight is 404 g/mol. The summed E-state index contributed by atoms with van der Waals surface area (Å²) < 4.78 is 16.3. The third-order valence-corrected chi connectivity index (χ3v) is 5.52. The number of hydrogen-bond donors (Lipinski definition) is 2. The Kier molecular flexibility index (Phi) is 8.14. The molecule has 1 fully saturated rings. The van der Waals surface area contributed by atoms with Crippen LogP contribution in [0.1, 0.15) is 17.7 Å². The first-order chi connectivity index (χ1) is 13.8. The van der Waals surface area contributed by atoms with Gasteiger partial charge >= 0.3 is 0 Å². The monoisotopic (exact) mass is 403 g/mol. The van der Waals surface area contributed by atoms with Crippen LogP contribution in [0.4, 0.5) is 0 Å². The van der Waals surface area contributed by atoms with Gasteiger partial charge in [-0.15, -0.1) is 11.3 Å². The Morgan fingerprint density at radius 3 is 2.82 bits per heavy atom. The zero-order valence-corrected chi connectivity index (χ0v) is 17.4. The summed E-state index contributed by atoms with van der Waals surface area (Å²) >= 11 is 1.74. The van der Waals surface area contributed by atoms with Crippen molar-refractivity contribution in [3.8, 4) is 16.9 Å². The van der Waals surface area contributed by atoms with Crippen molar-refractivity contribution in [2.24, 2.45) is 4.99 Å². The summed E-state index contributed by atoms with van der Waals surface area (Å²) in [6.45, 7) is 3.87. The van der Waals surface area contributed by atoms with E-state index in [9.17, 15) is 0 Å². The summed E-state index contributed by atoms with van der Waals surface area (Å²) in [5.74, 6) is 1.68. The molecule has 152 valence electrons. The summed E-state index contributed by atoms with van der Waals surface area (Å²) in [5, 5.41) is 8.88. The molecule has 1 atom stereocenters. The van der Waals surface area contributed by atoms with Gasteiger partial charge in [-0.3, -0.25) is 4.99 Å². The van der Waals surface area contributed by atoms with Gasteiger partial charge in [0.2, 0.25) is 0 Å². The van der Waals surface area contributed by atoms with Gasteiger partial charge in [-0.2, -0.15) is 0 Å². The van der Waals surface area contributed by atoms with Crippen molar-refractivity contribution in [2.75, 3.05) is 40.5 Å². The predicted octanol–water partition coefficient (Wildman–Crippen LogP) is 3.28. The number of rotatable bonds is 9. The molecule has 0 aliphatic carbocycles. The quantitative estimate of drug-likeness (QED) is 0.382. The SMILES string of the molecule is CN=C(NCCCOC1CCOC1)NCc1cc(-c2ccc(OC)cc2)cs1. The van der Waals surface area contributed by atoms with Crippen LogP contribution in [-0.2, 0) is 16.0 Å². The van der Waals surface area contributed by atoms with Crippen LogP contribution in [0, 0.1) is 0 Å². The zero-order chi connectivity index (χ0) is 19.6. The van der Waals surface area contributed by atoms with E-state index in [0.29, 0.717) is 0 Å². The summed E-state index contributed by atoms with van der Waals surface area (Å²) in [6, 6.07) is 10.3. The molecule has 0 saturated carbocycles. The number of nitrogens with one attached hydrogen (secondary N) is 2. The van der Waals surface area contributed by atoms with E-state index < -0.39 is 0 Å². The highest BCUT2D eigenvalue weighted by molar-refractivity contribution is 7.10. The normalized spacial score (nSPS) is 16.9. The molecule has 1 unspecified atom stereocenters. The number of thiophene rings is 1. The molecular formula is C21H29N3O3S. The molecule has 6 nitrogen and oxygen atoms in total. The number of ether oxygens (including phenoxy) is 3. The minimum absolute atomic E-state index is 0.274. The number of hydrogen-bond acceptors (Lipinski definition) is 5. The lowest BCUT2D eigenvalue weighted by Crippen LogP contribution is -2.37. The first-order valence-corrected chi connectivity index (χ1v) is 10.5. The molecule has 1 saturated heterocycles. The standard InChI is InChI=1S/C21H29N3O3S/c1-22-21(23-9-3-10-27-19-8-11-26-14-19)24-13-20-12-17(15-28-20)16-4-6-18(25-2)7-5-16/h4-7,12,15,19H,3,8-11,13-14H2,1-2H3,(H2,22,23,24). The predicted molar refractivity (Wildman–Crippen MR) is 114 cm³/mol. The van der Waals surface area contributed by atoms with Gasteiger partial charge in [0, 0.05) is 31.7 Å². The van der Waals surface area contributed by atoms with Crippen molar-refractivity contribution in [1.29, 1.82) is 0 Å². The van der Waals surface area contributed by atoms with Crippen LogP contribution >= 0.6 is 11.3 Å². The maximum absolute atomic E-state index is 5.78. The first-order valence-electron chi connectivity index (χ1n) is 9.64. The molecule has 0 amide bonds. The average Bonchev–Trinajstić information content (AvgIpc) is 3.42. The maximum atomic E-state index is 5.78. The maximum Gasteiger partial charge on any atom is 0.191 e. The molecule has 0 radical (unpaired) electrons. The van der Waals surface area contributed by atoms with E-state index in [1.54, 1.807) is 25.5 Å². The Labute approximate surface area is 170 Å². The van der Waals surface area contributed by atoms with Crippen molar-refractivity contribution < 1.29 is 14.2 Å². The van der Waals surface area contributed by atoms with E-state index in [0.717, 1.165) is 57.5 Å². The summed E-state index contributed by atoms with van der Waals surface area (Å²) in [5.41, 5.74) is 2.42. The second-order valence-corrected chi connectivity index (χ2v) is 7.59. The Hall–Kier alpha value is -2.09. The van der Waals surface area contributed by atoms with Crippen LogP contribution in [0.25, 0.3) is 11.1 Å². The molecule has 3 rings (SSSR count). The van der Waals surface area contributed by atoms with Crippen LogP contribution in [0.2, 0.25) is 0 Å². The second-order valence-electron chi connectivity index (χ2n) is 6.59. The van der Waals surface area contributed by atoms with Crippen molar-refractivity contribution in [1.82, 2.24) is 10.6 Å². The zero-order valence-electron chi connectivity index (χ0n) is 16.6. The van der Waals surface area contributed by atoms with Crippen molar-refractivity contribution in [2.45, 2.75) is 25.5 Å². The van der Waals surface area contributed by atoms with Gasteiger partial charge < -0.3 is 24.8 Å². The minimum atomic E-state index is 0.274. The fraction of sp³-hybridized carbons (Fsp3) is 0.476. The number of benzene rings is 1. The van der Waals surface area contributed by atoms with Gasteiger partial charge in [-0.1, -0.05) is 12.1 Å². The fourth-order valence-electron chi connectivity index (χ4n) is 2.97. The highest BCUT2D eigenvalue weighted by atomic mass is 32.1. The highest BCUT2D eigenvalue weighted by Gasteiger charge is 2.15. The summed E-state index contributed by atoms with van der Waals surface area (Å²) in [4.78, 5) is 5.55. The smallest absolute Gasteiger partial charge is 0.191 e. The van der Waals surface area contributed by atoms with E-state index in [1.165, 1.54) is 16.0 Å². The number of methoxy groups -OCH3 is 1. The van der Waals surface area contributed by atoms with Crippen LogP contribution in [0.3, 0.4) is 0 Å². The molecule has 7 heteroatoms. The Morgan fingerprint density at radius 1 is 1.25 bits per heavy atom. The third kappa shape index (κ3) is 6.22. The van der Waals surface area contributed by atoms with Crippen molar-refractivity contribution >= 4 is 17.3 Å². The van der Waals surface area contributed by atoms with E-state index >= 15 is 0 Å². The van der Waals surface area contributed by atoms with Gasteiger partial charge in [-0.05, 0) is 47.5 Å². The Bertz CT molecular complexity index is 740. The molecule has 0 bridgehead atoms. The number of nitrogens with zero attached hydrogens (tertiary/aromatic N) is 1. The van der Waals surface area contributed by atoms with Crippen LogP contribution in [0.5, 0.6) is 5.75 Å². The van der Waals surface area contributed by atoms with Gasteiger partial charge in [-0.25, -0.2) is 0 Å². The van der Waals surface area contributed by atoms with E-state index in [2.05, 4.69) is 39.2 Å². The first kappa shape index (κ1) is 20.6. The molecule has 1 aliphatic heterocycles. The van der Waals surface area contributed by atoms with Gasteiger partial charge in [0.1, 0.15) is 5.75 Å². The van der Waals surface area contributed by atoms with E-state index in [1.807, 2.05) is 12.1 Å². The Balaban J connectivity index is 1.38. The van der Waals surface area contributed by atoms with Gasteiger partial charge in [0.15, 0.2) is 5.96 Å². The topological polar surface area (TPSA) is 64.1 Å². The lowest BCUT2D eigenvalue weighted by atomic mass is 10.1. The molecule has 2 heterocycles. The van der Waals surface area contributed by atoms with Crippen LogP contribution < -0.4 is 15.4 Å². The van der Waals surface area contributed by atoms with Crippen LogP contribution in [0.15, 0.2) is 40.7 Å². The molecule has 0 spiro atoms. The molecule has 28 heavy (non-hydrogen) atoms. The van der Waals surface area contributed by atoms with E-state index in [-0.39, 0.29) is 6.10 Å². The summed E-state index contributed by atoms with van der Waals surface area (Å²) in [7, 11) is 3.47. The number of aliphatic imine (C=N–C) groups is 1.